The summed E-state index contributed by atoms with van der Waals surface area (Å²) in [5.74, 6) is 0. The summed E-state index contributed by atoms with van der Waals surface area (Å²) in [4.78, 5) is 13.0. The topological polar surface area (TPSA) is 9.23 Å². The molecule has 1 spiro atoms. The van der Waals surface area contributed by atoms with Crippen molar-refractivity contribution in [1.82, 2.24) is 0 Å². The van der Waals surface area contributed by atoms with Gasteiger partial charge >= 0.3 is 119 Å². The average Bonchev–Trinajstić information content (AvgIpc) is 3.37. The fraction of sp³-hybridized carbons (Fsp3) is 1.00. The number of unbranched alkanes of at least 4 members (excludes halogenated alkanes) is 2. The molecule has 10 fully saturated rings. The van der Waals surface area contributed by atoms with Crippen molar-refractivity contribution < 1.29 is 11.2 Å². The number of ether oxygens (including phenoxy) is 1. The first-order chi connectivity index (χ1) is 9.50. The van der Waals surface area contributed by atoms with E-state index in [1.165, 1.54) is 75.6 Å². The van der Waals surface area contributed by atoms with Crippen LogP contribution in [-0.2, 0) is 11.2 Å². The molecule has 10 aliphatic heterocycles. The number of hydrogen-bond donors (Lipinski definition) is 0. The maximum atomic E-state index is 6.47. The second-order valence-corrected chi connectivity index (χ2v) is 36.7. The van der Waals surface area contributed by atoms with Crippen molar-refractivity contribution >= 4 is 15.9 Å². The molecule has 0 aromatic carbocycles. The molecular formula is C17H23BrFeO. The third-order valence-electron chi connectivity index (χ3n) is 16.5. The monoisotopic (exact) mass is 378 g/mol. The number of alkyl halides is 1. The molecule has 0 aromatic rings. The Balaban J connectivity index is 1.08. The Morgan fingerprint density at radius 1 is 1.00 bits per heavy atom. The third kappa shape index (κ3) is 0.121. The van der Waals surface area contributed by atoms with Crippen LogP contribution in [0.2, 0.25) is 47.7 Å². The van der Waals surface area contributed by atoms with Gasteiger partial charge in [0.1, 0.15) is 0 Å². The molecule has 0 bridgehead atoms. The Hall–Kier alpha value is 0.959. The van der Waals surface area contributed by atoms with Crippen molar-refractivity contribution in [2.45, 2.75) is 85.3 Å². The predicted octanol–water partition coefficient (Wildman–Crippen LogP) is 6.06. The fourth-order valence-corrected chi connectivity index (χ4v) is 92.9. The van der Waals surface area contributed by atoms with Crippen molar-refractivity contribution in [2.24, 2.45) is 0 Å². The molecule has 20 heavy (non-hydrogen) atoms. The molecule has 0 N–H and O–H groups in total. The van der Waals surface area contributed by atoms with E-state index in [2.05, 4.69) is 22.9 Å². The Morgan fingerprint density at radius 2 is 1.60 bits per heavy atom. The van der Waals surface area contributed by atoms with Gasteiger partial charge in [-0.15, -0.1) is 0 Å². The summed E-state index contributed by atoms with van der Waals surface area (Å²) in [7, 11) is 0. The SMILES string of the molecule is CCCCCC(Br)OC[C]12[CH]3[CH]4[CH]5[CH]1[Fe]45321678[CH]2[CH]1[CH]6[CH]7[CH]28. The second kappa shape index (κ2) is 0.927. The summed E-state index contributed by atoms with van der Waals surface area (Å²) in [5, 5.41) is 0.370. The maximum absolute atomic E-state index is 6.47. The van der Waals surface area contributed by atoms with Crippen molar-refractivity contribution in [3.8, 4) is 0 Å². The van der Waals surface area contributed by atoms with Gasteiger partial charge in [-0.05, 0) is 0 Å². The molecule has 0 saturated carbocycles. The molecule has 10 saturated heterocycles. The van der Waals surface area contributed by atoms with Crippen LogP contribution in [0, 0.1) is 0 Å². The zero-order valence-electron chi connectivity index (χ0n) is 11.9. The molecule has 3 heteroatoms. The number of fused-ring (bicyclic) bond motifs is 10. The van der Waals surface area contributed by atoms with Crippen LogP contribution >= 0.6 is 15.9 Å². The van der Waals surface area contributed by atoms with Crippen LogP contribution in [-0.4, -0.2) is 11.6 Å². The standard InChI is InChI=1S/C12H18BrO.C5H5.Fe/c1-2-3-4-9-12(13)14-10-11-7-5-6-8-11;1-2-4-5-3-1;/h5-8,12H,2-4,9-10H2,1H3;1-5H;. The Bertz CT molecular complexity index is 902. The van der Waals surface area contributed by atoms with Gasteiger partial charge < -0.3 is 0 Å². The van der Waals surface area contributed by atoms with E-state index >= 15 is 0 Å². The molecule has 5 atom stereocenters. The van der Waals surface area contributed by atoms with Gasteiger partial charge in [-0.3, -0.25) is 0 Å². The average molecular weight is 379 g/mol. The quantitative estimate of drug-likeness (QED) is 0.297. The van der Waals surface area contributed by atoms with Gasteiger partial charge in [-0.1, -0.05) is 0 Å². The molecule has 112 valence electrons. The van der Waals surface area contributed by atoms with Crippen LogP contribution in [0.25, 0.3) is 0 Å². The number of hydrogen-bond acceptors (Lipinski definition) is 1. The first-order valence-electron chi connectivity index (χ1n) is 8.97. The summed E-state index contributed by atoms with van der Waals surface area (Å²) in [6.07, 6.45) is 5.27. The third-order valence-corrected chi connectivity index (χ3v) is 60.2. The number of halogens is 1. The van der Waals surface area contributed by atoms with Crippen LogP contribution in [0.4, 0.5) is 0 Å². The van der Waals surface area contributed by atoms with Crippen molar-refractivity contribution in [3.05, 3.63) is 0 Å². The normalized spacial score (nSPS) is 105. The van der Waals surface area contributed by atoms with E-state index in [4.69, 9.17) is 4.74 Å². The van der Waals surface area contributed by atoms with Crippen molar-refractivity contribution in [3.63, 3.8) is 0 Å². The molecular weight excluding hydrogens is 356 g/mol. The summed E-state index contributed by atoms with van der Waals surface area (Å²) in [6, 6.07) is 0. The zero-order chi connectivity index (χ0) is 12.8. The van der Waals surface area contributed by atoms with E-state index < -0.39 is 6.51 Å². The minimum absolute atomic E-state index is 0.370. The molecule has 10 rings (SSSR count). The molecule has 0 radical (unpaired) electrons. The fourth-order valence-electron chi connectivity index (χ4n) is 17.9. The first-order valence-corrected chi connectivity index (χ1v) is 16.2. The zero-order valence-corrected chi connectivity index (χ0v) is 14.6. The van der Waals surface area contributed by atoms with Gasteiger partial charge in [0.15, 0.2) is 0 Å². The molecule has 0 aliphatic carbocycles. The van der Waals surface area contributed by atoms with Gasteiger partial charge in [-0.2, -0.15) is 0 Å². The van der Waals surface area contributed by atoms with E-state index in [-0.39, 0.29) is 0 Å². The minimum atomic E-state index is -2.81. The van der Waals surface area contributed by atoms with Gasteiger partial charge in [-0.25, -0.2) is 0 Å². The van der Waals surface area contributed by atoms with E-state index in [9.17, 15) is 0 Å². The molecule has 10 heterocycles. The van der Waals surface area contributed by atoms with Crippen LogP contribution in [0.3, 0.4) is 0 Å². The van der Waals surface area contributed by atoms with Crippen LogP contribution in [0.1, 0.15) is 32.6 Å². The van der Waals surface area contributed by atoms with Gasteiger partial charge in [0.2, 0.25) is 0 Å². The van der Waals surface area contributed by atoms with E-state index in [1.807, 2.05) is 0 Å². The molecule has 0 aromatic heterocycles. The summed E-state index contributed by atoms with van der Waals surface area (Å²) >= 11 is 3.83. The van der Waals surface area contributed by atoms with Gasteiger partial charge in [0, 0.05) is 0 Å². The van der Waals surface area contributed by atoms with E-state index in [1.54, 1.807) is 0 Å². The van der Waals surface area contributed by atoms with Gasteiger partial charge in [0.25, 0.3) is 0 Å². The Morgan fingerprint density at radius 3 is 2.00 bits per heavy atom. The van der Waals surface area contributed by atoms with Gasteiger partial charge in [0.05, 0.1) is 0 Å². The Kier molecular flexibility index (Phi) is 0.431. The van der Waals surface area contributed by atoms with Crippen LogP contribution in [0.5, 0.6) is 0 Å². The van der Waals surface area contributed by atoms with E-state index in [0.717, 1.165) is 4.31 Å². The summed E-state index contributed by atoms with van der Waals surface area (Å²) < 4.78 is 7.43. The predicted molar refractivity (Wildman–Crippen MR) is 79.3 cm³/mol. The van der Waals surface area contributed by atoms with Crippen LogP contribution < -0.4 is 0 Å². The van der Waals surface area contributed by atoms with Crippen molar-refractivity contribution in [1.29, 1.82) is 0 Å². The molecule has 1 nitrogen and oxygen atoms in total. The number of rotatable bonds is 7. The second-order valence-electron chi connectivity index (χ2n) is 12.1. The first kappa shape index (κ1) is 9.30. The molecule has 0 amide bonds. The summed E-state index contributed by atoms with van der Waals surface area (Å²) in [6.45, 7) is 0.715. The molecule has 5 unspecified atom stereocenters. The van der Waals surface area contributed by atoms with E-state index in [0.29, 0.717) is 5.01 Å². The molecule has 10 aliphatic rings. The van der Waals surface area contributed by atoms with Crippen molar-refractivity contribution in [2.75, 3.05) is 6.61 Å². The summed E-state index contributed by atoms with van der Waals surface area (Å²) in [5.41, 5.74) is 0. The van der Waals surface area contributed by atoms with Crippen LogP contribution in [0.15, 0.2) is 0 Å². The Labute approximate surface area is 119 Å².